The Morgan fingerprint density at radius 2 is 1.14 bits per heavy atom. The van der Waals surface area contributed by atoms with E-state index in [1.54, 1.807) is 27.7 Å². The van der Waals surface area contributed by atoms with Crippen LogP contribution in [0.25, 0.3) is 0 Å². The number of amides is 9. The highest BCUT2D eigenvalue weighted by Gasteiger charge is 2.40. The summed E-state index contributed by atoms with van der Waals surface area (Å²) >= 11 is 0. The normalized spacial score (nSPS) is 17.1. The standard InChI is InChI=1S/C40H71N13O13/c1-19(2)16-26(50-32(58)22(41)18-54)35(61)47-23(8-6-14-46-40(44)45)34(60)52-31(21(5)55)37(63)48-24(10-12-29(42)56)33(59)49-25(11-13-30(43)57)38(64)53-15-7-9-28(53)36(62)51-27(39(65)66)17-20(3)4/h19-28,31,54-55H,6-18,41H2,1-5H3,(H2,42,56)(H2,43,57)(H,47,61)(H,48,63)(H,49,59)(H,50,58)(H,51,62)(H,52,60)(H,65,66)(H4,44,45,46)/t21-,22+,23+,24+,25+,26+,27+,28+,31+/m1/s1. The summed E-state index contributed by atoms with van der Waals surface area (Å²) in [5, 5.41) is 44.3. The van der Waals surface area contributed by atoms with Crippen LogP contribution in [0.5, 0.6) is 0 Å². The van der Waals surface area contributed by atoms with Gasteiger partial charge in [-0.15, -0.1) is 0 Å². The number of carbonyl (C=O) groups is 10. The van der Waals surface area contributed by atoms with Crippen molar-refractivity contribution in [2.24, 2.45) is 45.5 Å². The minimum absolute atomic E-state index is 0.00844. The van der Waals surface area contributed by atoms with Gasteiger partial charge in [0.2, 0.25) is 53.2 Å². The molecule has 0 bridgehead atoms. The highest BCUT2D eigenvalue weighted by Crippen LogP contribution is 2.21. The van der Waals surface area contributed by atoms with Crippen molar-refractivity contribution in [3.63, 3.8) is 0 Å². The van der Waals surface area contributed by atoms with Gasteiger partial charge in [-0.05, 0) is 70.1 Å². The maximum absolute atomic E-state index is 14.0. The van der Waals surface area contributed by atoms with Crippen molar-refractivity contribution in [2.75, 3.05) is 19.7 Å². The Morgan fingerprint density at radius 3 is 1.65 bits per heavy atom. The molecule has 66 heavy (non-hydrogen) atoms. The van der Waals surface area contributed by atoms with Gasteiger partial charge < -0.3 is 80.8 Å². The second kappa shape index (κ2) is 28.7. The maximum atomic E-state index is 14.0. The first kappa shape index (κ1) is 57.9. The van der Waals surface area contributed by atoms with Crippen LogP contribution in [-0.4, -0.2) is 159 Å². The number of rotatable bonds is 30. The Bertz CT molecular complexity index is 1740. The summed E-state index contributed by atoms with van der Waals surface area (Å²) in [5.74, 6) is -10.00. The molecule has 1 heterocycles. The van der Waals surface area contributed by atoms with E-state index in [1.807, 2.05) is 0 Å². The van der Waals surface area contributed by atoms with Crippen LogP contribution in [-0.2, 0) is 47.9 Å². The number of guanidine groups is 1. The van der Waals surface area contributed by atoms with Crippen LogP contribution in [0.15, 0.2) is 4.99 Å². The first-order valence-electron chi connectivity index (χ1n) is 21.8. The second-order valence-electron chi connectivity index (χ2n) is 17.1. The molecule has 19 N–H and O–H groups in total. The molecule has 0 unspecified atom stereocenters. The van der Waals surface area contributed by atoms with Gasteiger partial charge in [0.05, 0.1) is 12.7 Å². The Balaban J connectivity index is 3.46. The first-order chi connectivity index (χ1) is 30.8. The van der Waals surface area contributed by atoms with E-state index >= 15 is 0 Å². The van der Waals surface area contributed by atoms with Gasteiger partial charge in [-0.2, -0.15) is 0 Å². The van der Waals surface area contributed by atoms with Crippen molar-refractivity contribution < 1.29 is 63.3 Å². The monoisotopic (exact) mass is 942 g/mol. The number of primary amides is 2. The molecule has 0 aromatic rings. The molecule has 9 amide bonds. The van der Waals surface area contributed by atoms with Crippen LogP contribution in [0.1, 0.15) is 98.8 Å². The van der Waals surface area contributed by atoms with Gasteiger partial charge in [-0.25, -0.2) is 4.79 Å². The Morgan fingerprint density at radius 1 is 0.652 bits per heavy atom. The Hall–Kier alpha value is -6.15. The average Bonchev–Trinajstić information content (AvgIpc) is 3.72. The first-order valence-corrected chi connectivity index (χ1v) is 21.8. The van der Waals surface area contributed by atoms with E-state index in [2.05, 4.69) is 36.9 Å². The molecule has 0 aromatic heterocycles. The number of carboxylic acid groups (broad SMARTS) is 1. The fourth-order valence-electron chi connectivity index (χ4n) is 6.87. The zero-order chi connectivity index (χ0) is 50.4. The van der Waals surface area contributed by atoms with Gasteiger partial charge in [0.25, 0.3) is 0 Å². The number of likely N-dealkylation sites (tertiary alicyclic amines) is 1. The number of nitrogens with zero attached hydrogens (tertiary/aromatic N) is 2. The van der Waals surface area contributed by atoms with E-state index < -0.39 is 139 Å². The third-order valence-electron chi connectivity index (χ3n) is 10.3. The van der Waals surface area contributed by atoms with Crippen LogP contribution in [0.3, 0.4) is 0 Å². The van der Waals surface area contributed by atoms with E-state index in [4.69, 9.17) is 28.7 Å². The number of carbonyl (C=O) groups excluding carboxylic acids is 9. The van der Waals surface area contributed by atoms with Crippen LogP contribution in [0.2, 0.25) is 0 Å². The summed E-state index contributed by atoms with van der Waals surface area (Å²) in [5.41, 5.74) is 27.2. The van der Waals surface area contributed by atoms with Crippen LogP contribution in [0, 0.1) is 11.8 Å². The Kier molecular flexibility index (Phi) is 25.2. The molecule has 9 atom stereocenters. The predicted octanol–water partition coefficient (Wildman–Crippen LogP) is -5.65. The highest BCUT2D eigenvalue weighted by molar-refractivity contribution is 5.98. The quantitative estimate of drug-likeness (QED) is 0.0181. The van der Waals surface area contributed by atoms with E-state index in [0.717, 1.165) is 11.8 Å². The predicted molar refractivity (Wildman–Crippen MR) is 236 cm³/mol. The number of aliphatic hydroxyl groups is 2. The smallest absolute Gasteiger partial charge is 0.326 e. The van der Waals surface area contributed by atoms with Crippen molar-refractivity contribution in [3.8, 4) is 0 Å². The molecule has 0 aromatic carbocycles. The van der Waals surface area contributed by atoms with Gasteiger partial charge in [0, 0.05) is 25.9 Å². The molecule has 1 aliphatic heterocycles. The second-order valence-corrected chi connectivity index (χ2v) is 17.1. The van der Waals surface area contributed by atoms with E-state index in [-0.39, 0.29) is 69.4 Å². The third kappa shape index (κ3) is 20.8. The minimum Gasteiger partial charge on any atom is -0.480 e. The maximum Gasteiger partial charge on any atom is 0.326 e. The molecule has 1 fully saturated rings. The van der Waals surface area contributed by atoms with Crippen LogP contribution < -0.4 is 60.6 Å². The van der Waals surface area contributed by atoms with E-state index in [1.165, 1.54) is 0 Å². The molecule has 26 heteroatoms. The molecule has 1 saturated heterocycles. The number of aliphatic carboxylic acids is 1. The molecule has 0 saturated carbocycles. The van der Waals surface area contributed by atoms with Crippen molar-refractivity contribution >= 4 is 65.1 Å². The van der Waals surface area contributed by atoms with Crippen molar-refractivity contribution in [2.45, 2.75) is 153 Å². The summed E-state index contributed by atoms with van der Waals surface area (Å²) in [7, 11) is 0. The lowest BCUT2D eigenvalue weighted by atomic mass is 10.0. The van der Waals surface area contributed by atoms with Gasteiger partial charge in [-0.1, -0.05) is 27.7 Å². The fraction of sp³-hybridized carbons (Fsp3) is 0.725. The number of carboxylic acids is 1. The molecular formula is C40H71N13O13. The average molecular weight is 942 g/mol. The van der Waals surface area contributed by atoms with Gasteiger partial charge in [-0.3, -0.25) is 48.1 Å². The van der Waals surface area contributed by atoms with E-state index in [9.17, 15) is 63.3 Å². The largest absolute Gasteiger partial charge is 0.480 e. The van der Waals surface area contributed by atoms with Crippen LogP contribution in [0.4, 0.5) is 0 Å². The van der Waals surface area contributed by atoms with Crippen LogP contribution >= 0.6 is 0 Å². The summed E-state index contributed by atoms with van der Waals surface area (Å²) in [6.07, 6.45) is -2.75. The topological polar surface area (TPSA) is 449 Å². The van der Waals surface area contributed by atoms with E-state index in [0.29, 0.717) is 6.42 Å². The molecular weight excluding hydrogens is 871 g/mol. The molecule has 26 nitrogen and oxygen atoms in total. The number of aliphatic imine (C=N–C) groups is 1. The van der Waals surface area contributed by atoms with Crippen molar-refractivity contribution in [1.29, 1.82) is 0 Å². The number of hydrogen-bond acceptors (Lipinski definition) is 14. The zero-order valence-electron chi connectivity index (χ0n) is 38.2. The summed E-state index contributed by atoms with van der Waals surface area (Å²) < 4.78 is 0. The summed E-state index contributed by atoms with van der Waals surface area (Å²) in [6, 6.07) is -11.4. The molecule has 0 radical (unpaired) electrons. The summed E-state index contributed by atoms with van der Waals surface area (Å²) in [4.78, 5) is 136. The lowest BCUT2D eigenvalue weighted by molar-refractivity contribution is -0.145. The SMILES string of the molecule is CC(C)C[C@H](NC(=O)[C@@H]1CCCN1C(=O)[C@H](CCC(N)=O)NC(=O)[C@H](CCC(N)=O)NC(=O)[C@@H](NC(=O)[C@H](CCCN=C(N)N)NC(=O)[C@H](CC(C)C)NC(=O)[C@@H](N)CO)[C@@H](C)O)C(=O)O. The molecule has 374 valence electrons. The molecule has 1 aliphatic rings. The Labute approximate surface area is 383 Å². The summed E-state index contributed by atoms with van der Waals surface area (Å²) in [6.45, 7) is 7.52. The number of nitrogens with two attached hydrogens (primary N) is 5. The van der Waals surface area contributed by atoms with Gasteiger partial charge in [0.15, 0.2) is 5.96 Å². The third-order valence-corrected chi connectivity index (χ3v) is 10.3. The minimum atomic E-state index is -1.83. The van der Waals surface area contributed by atoms with Crippen molar-refractivity contribution in [3.05, 3.63) is 0 Å². The molecule has 1 rings (SSSR count). The number of hydrogen-bond donors (Lipinski definition) is 14. The van der Waals surface area contributed by atoms with Gasteiger partial charge >= 0.3 is 5.97 Å². The molecule has 0 aliphatic carbocycles. The highest BCUT2D eigenvalue weighted by atomic mass is 16.4. The molecule has 0 spiro atoms. The lowest BCUT2D eigenvalue weighted by Gasteiger charge is -2.31. The fourth-order valence-corrected chi connectivity index (χ4v) is 6.87. The number of aliphatic hydroxyl groups excluding tert-OH is 2. The number of nitrogens with one attached hydrogen (secondary N) is 6. The lowest BCUT2D eigenvalue weighted by Crippen LogP contribution is -2.62. The zero-order valence-corrected chi connectivity index (χ0v) is 38.2. The van der Waals surface area contributed by atoms with Gasteiger partial charge in [0.1, 0.15) is 48.3 Å². The van der Waals surface area contributed by atoms with Crippen molar-refractivity contribution in [1.82, 2.24) is 36.8 Å².